The van der Waals surface area contributed by atoms with Crippen molar-refractivity contribution in [1.29, 1.82) is 0 Å². The van der Waals surface area contributed by atoms with Crippen molar-refractivity contribution >= 4 is 0 Å². The molecule has 19 heavy (non-hydrogen) atoms. The Morgan fingerprint density at radius 1 is 1.05 bits per heavy atom. The molecular weight excluding hydrogens is 228 g/mol. The second-order valence-electron chi connectivity index (χ2n) is 8.15. The van der Waals surface area contributed by atoms with Crippen LogP contribution in [-0.4, -0.2) is 0 Å². The first-order chi connectivity index (χ1) is 9.13. The van der Waals surface area contributed by atoms with Gasteiger partial charge < -0.3 is 0 Å². The molecule has 0 heterocycles. The van der Waals surface area contributed by atoms with Crippen LogP contribution in [0.15, 0.2) is 23.8 Å². The molecule has 5 atom stereocenters. The summed E-state index contributed by atoms with van der Waals surface area (Å²) in [7, 11) is 0. The number of allylic oxidation sites excluding steroid dienone is 4. The maximum Gasteiger partial charge on any atom is 0.00936 e. The number of fused-ring (bicyclic) bond motifs is 5. The highest BCUT2D eigenvalue weighted by molar-refractivity contribution is 5.31. The number of hydrogen-bond acceptors (Lipinski definition) is 0. The first kappa shape index (κ1) is 12.2. The highest BCUT2D eigenvalue weighted by Crippen LogP contribution is 2.64. The van der Waals surface area contributed by atoms with Gasteiger partial charge >= 0.3 is 0 Å². The van der Waals surface area contributed by atoms with Gasteiger partial charge in [-0.1, -0.05) is 44.1 Å². The summed E-state index contributed by atoms with van der Waals surface area (Å²) >= 11 is 0. The van der Waals surface area contributed by atoms with Crippen molar-refractivity contribution in [3.63, 3.8) is 0 Å². The van der Waals surface area contributed by atoms with Gasteiger partial charge in [0.1, 0.15) is 0 Å². The molecule has 0 aromatic carbocycles. The van der Waals surface area contributed by atoms with Gasteiger partial charge in [0.05, 0.1) is 0 Å². The van der Waals surface area contributed by atoms with Crippen LogP contribution in [0.2, 0.25) is 0 Å². The van der Waals surface area contributed by atoms with E-state index in [-0.39, 0.29) is 0 Å². The molecule has 4 rings (SSSR count). The van der Waals surface area contributed by atoms with Gasteiger partial charge in [-0.25, -0.2) is 0 Å². The van der Waals surface area contributed by atoms with Gasteiger partial charge in [0, 0.05) is 5.41 Å². The number of rotatable bonds is 0. The third-order valence-corrected chi connectivity index (χ3v) is 7.39. The molecule has 0 saturated heterocycles. The van der Waals surface area contributed by atoms with E-state index in [0.717, 1.165) is 17.8 Å². The highest BCUT2D eigenvalue weighted by atomic mass is 14.6. The Morgan fingerprint density at radius 3 is 2.84 bits per heavy atom. The minimum Gasteiger partial charge on any atom is -0.0839 e. The monoisotopic (exact) mass is 256 g/mol. The van der Waals surface area contributed by atoms with Gasteiger partial charge in [0.2, 0.25) is 0 Å². The first-order valence-electron chi connectivity index (χ1n) is 8.51. The Hall–Kier alpha value is -0.520. The Bertz CT molecular complexity index is 443. The summed E-state index contributed by atoms with van der Waals surface area (Å²) in [5.74, 6) is 3.01. The van der Waals surface area contributed by atoms with Crippen LogP contribution in [0.1, 0.15) is 65.2 Å². The van der Waals surface area contributed by atoms with Crippen molar-refractivity contribution in [3.8, 4) is 0 Å². The predicted molar refractivity (Wildman–Crippen MR) is 80.8 cm³/mol. The summed E-state index contributed by atoms with van der Waals surface area (Å²) in [4.78, 5) is 0. The van der Waals surface area contributed by atoms with E-state index in [0.29, 0.717) is 10.8 Å². The minimum absolute atomic E-state index is 0.422. The average Bonchev–Trinajstić information content (AvgIpc) is 2.79. The molecular formula is C19H28. The van der Waals surface area contributed by atoms with Crippen molar-refractivity contribution in [2.45, 2.75) is 65.2 Å². The highest BCUT2D eigenvalue weighted by Gasteiger charge is 2.54. The first-order valence-corrected chi connectivity index (χ1v) is 8.51. The van der Waals surface area contributed by atoms with Crippen molar-refractivity contribution in [1.82, 2.24) is 0 Å². The molecule has 0 unspecified atom stereocenters. The van der Waals surface area contributed by atoms with Gasteiger partial charge in [-0.15, -0.1) is 0 Å². The SMILES string of the molecule is C[C@@]12CCC[C@H]1[C@@H]1CCC3=CCC=C[C@]3(C)[C@H]1CC2. The Balaban J connectivity index is 1.71. The predicted octanol–water partition coefficient (Wildman–Crippen LogP) is 5.51. The van der Waals surface area contributed by atoms with Crippen LogP contribution in [0.3, 0.4) is 0 Å². The summed E-state index contributed by atoms with van der Waals surface area (Å²) in [6.07, 6.45) is 19.1. The molecule has 0 spiro atoms. The summed E-state index contributed by atoms with van der Waals surface area (Å²) < 4.78 is 0. The molecule has 0 N–H and O–H groups in total. The lowest BCUT2D eigenvalue weighted by atomic mass is 9.48. The molecule has 0 heteroatoms. The van der Waals surface area contributed by atoms with Gasteiger partial charge in [0.15, 0.2) is 0 Å². The molecule has 0 aliphatic heterocycles. The summed E-state index contributed by atoms with van der Waals surface area (Å²) in [6, 6.07) is 0. The van der Waals surface area contributed by atoms with E-state index in [1.807, 2.05) is 0 Å². The van der Waals surface area contributed by atoms with E-state index in [4.69, 9.17) is 0 Å². The van der Waals surface area contributed by atoms with Crippen molar-refractivity contribution in [2.75, 3.05) is 0 Å². The Labute approximate surface area is 118 Å². The van der Waals surface area contributed by atoms with E-state index in [2.05, 4.69) is 32.1 Å². The molecule has 0 radical (unpaired) electrons. The van der Waals surface area contributed by atoms with E-state index in [1.165, 1.54) is 51.4 Å². The fourth-order valence-corrected chi connectivity index (χ4v) is 6.33. The minimum atomic E-state index is 0.422. The zero-order valence-electron chi connectivity index (χ0n) is 12.6. The van der Waals surface area contributed by atoms with E-state index >= 15 is 0 Å². The van der Waals surface area contributed by atoms with Crippen molar-refractivity contribution in [2.24, 2.45) is 28.6 Å². The second-order valence-corrected chi connectivity index (χ2v) is 8.15. The smallest absolute Gasteiger partial charge is 0.00936 e. The lowest BCUT2D eigenvalue weighted by Crippen LogP contribution is -2.47. The van der Waals surface area contributed by atoms with Gasteiger partial charge in [0.25, 0.3) is 0 Å². The lowest BCUT2D eigenvalue weighted by Gasteiger charge is -2.56. The van der Waals surface area contributed by atoms with Crippen LogP contribution in [0.25, 0.3) is 0 Å². The Kier molecular flexibility index (Phi) is 2.57. The maximum atomic E-state index is 2.60. The maximum absolute atomic E-state index is 2.60. The van der Waals surface area contributed by atoms with Gasteiger partial charge in [-0.2, -0.15) is 0 Å². The topological polar surface area (TPSA) is 0 Å². The molecule has 3 fully saturated rings. The second kappa shape index (κ2) is 3.99. The summed E-state index contributed by atoms with van der Waals surface area (Å²) in [5.41, 5.74) is 2.90. The van der Waals surface area contributed by atoms with E-state index < -0.39 is 0 Å². The zero-order chi connectivity index (χ0) is 13.1. The lowest BCUT2D eigenvalue weighted by molar-refractivity contribution is -0.0153. The molecule has 0 amide bonds. The zero-order valence-corrected chi connectivity index (χ0v) is 12.6. The third-order valence-electron chi connectivity index (χ3n) is 7.39. The molecule has 4 aliphatic rings. The quantitative estimate of drug-likeness (QED) is 0.502. The third kappa shape index (κ3) is 1.58. The van der Waals surface area contributed by atoms with E-state index in [9.17, 15) is 0 Å². The summed E-state index contributed by atoms with van der Waals surface area (Å²) in [6.45, 7) is 5.15. The van der Waals surface area contributed by atoms with Crippen LogP contribution in [-0.2, 0) is 0 Å². The molecule has 0 bridgehead atoms. The molecule has 4 aliphatic carbocycles. The van der Waals surface area contributed by atoms with E-state index in [1.54, 1.807) is 5.57 Å². The number of hydrogen-bond donors (Lipinski definition) is 0. The largest absolute Gasteiger partial charge is 0.0839 e. The van der Waals surface area contributed by atoms with Crippen molar-refractivity contribution in [3.05, 3.63) is 23.8 Å². The van der Waals surface area contributed by atoms with Gasteiger partial charge in [-0.3, -0.25) is 0 Å². The normalized spacial score (nSPS) is 52.1. The Morgan fingerprint density at radius 2 is 1.95 bits per heavy atom. The average molecular weight is 256 g/mol. The standard InChI is InChI=1S/C19H28/c1-18-11-5-7-16(18)15-9-8-14-6-3-4-12-19(14,2)17(15)10-13-18/h4,6,12,15-17H,3,5,7-11,13H2,1-2H3/t15-,16-,17-,18-,19-/m0/s1. The fraction of sp³-hybridized carbons (Fsp3) is 0.789. The molecule has 0 aromatic heterocycles. The molecule has 3 saturated carbocycles. The molecule has 104 valence electrons. The van der Waals surface area contributed by atoms with Crippen LogP contribution >= 0.6 is 0 Å². The fourth-order valence-electron chi connectivity index (χ4n) is 6.33. The summed E-state index contributed by atoms with van der Waals surface area (Å²) in [5, 5.41) is 0. The van der Waals surface area contributed by atoms with Gasteiger partial charge in [-0.05, 0) is 68.1 Å². The van der Waals surface area contributed by atoms with Crippen LogP contribution in [0.4, 0.5) is 0 Å². The molecule has 0 aromatic rings. The molecule has 0 nitrogen and oxygen atoms in total. The van der Waals surface area contributed by atoms with Crippen LogP contribution < -0.4 is 0 Å². The van der Waals surface area contributed by atoms with Crippen molar-refractivity contribution < 1.29 is 0 Å². The van der Waals surface area contributed by atoms with Crippen LogP contribution in [0, 0.1) is 28.6 Å². The van der Waals surface area contributed by atoms with Crippen LogP contribution in [0.5, 0.6) is 0 Å².